The van der Waals surface area contributed by atoms with Crippen LogP contribution in [0.15, 0.2) is 71.6 Å². The second-order valence-electron chi connectivity index (χ2n) is 7.44. The van der Waals surface area contributed by atoms with Gasteiger partial charge in [-0.3, -0.25) is 4.79 Å². The first kappa shape index (κ1) is 24.5. The summed E-state index contributed by atoms with van der Waals surface area (Å²) in [5.74, 6) is -0.564. The predicted octanol–water partition coefficient (Wildman–Crippen LogP) is 6.56. The molecule has 182 valence electrons. The first-order chi connectivity index (χ1) is 16.4. The van der Waals surface area contributed by atoms with E-state index < -0.39 is 23.2 Å². The molecule has 0 aliphatic heterocycles. The lowest BCUT2D eigenvalue weighted by atomic mass is 10.1. The van der Waals surface area contributed by atoms with Crippen molar-refractivity contribution in [3.63, 3.8) is 0 Å². The highest BCUT2D eigenvalue weighted by atomic mass is 32.2. The van der Waals surface area contributed by atoms with E-state index in [9.17, 15) is 31.1 Å². The summed E-state index contributed by atoms with van der Waals surface area (Å²) in [5.41, 5.74) is 1.33. The number of anilines is 2. The molecule has 3 aromatic carbocycles. The SMILES string of the molecule is NC(=O)c1ccc2c(c1)nc(Nc1ccc(SC(F)(F)F)cc1)n2Cc1ccccc1C(F)(F)F. The molecule has 0 unspecified atom stereocenters. The van der Waals surface area contributed by atoms with E-state index in [0.717, 1.165) is 6.07 Å². The van der Waals surface area contributed by atoms with Gasteiger partial charge in [-0.25, -0.2) is 4.98 Å². The Morgan fingerprint density at radius 2 is 1.66 bits per heavy atom. The van der Waals surface area contributed by atoms with Gasteiger partial charge < -0.3 is 15.6 Å². The second kappa shape index (κ2) is 9.17. The second-order valence-corrected chi connectivity index (χ2v) is 8.58. The fourth-order valence-corrected chi connectivity index (χ4v) is 4.05. The van der Waals surface area contributed by atoms with E-state index in [2.05, 4.69) is 10.3 Å². The molecular formula is C23H16F6N4OS. The van der Waals surface area contributed by atoms with Crippen LogP contribution in [0.25, 0.3) is 11.0 Å². The molecule has 1 aromatic heterocycles. The summed E-state index contributed by atoms with van der Waals surface area (Å²) in [4.78, 5) is 15.9. The standard InChI is InChI=1S/C23H16F6N4OS/c24-22(25,26)17-4-2-1-3-14(17)12-33-19-10-5-13(20(30)34)11-18(19)32-21(33)31-15-6-8-16(9-7-15)35-23(27,28)29/h1-11H,12H2,(H2,30,34)(H,31,32). The molecule has 0 aliphatic rings. The molecule has 0 radical (unpaired) electrons. The third kappa shape index (κ3) is 5.70. The summed E-state index contributed by atoms with van der Waals surface area (Å²) in [7, 11) is 0. The molecule has 0 fully saturated rings. The average molecular weight is 510 g/mol. The van der Waals surface area contributed by atoms with Crippen molar-refractivity contribution >= 4 is 40.3 Å². The van der Waals surface area contributed by atoms with Gasteiger partial charge >= 0.3 is 11.7 Å². The van der Waals surface area contributed by atoms with Gasteiger partial charge in [-0.15, -0.1) is 0 Å². The van der Waals surface area contributed by atoms with E-state index in [-0.39, 0.29) is 40.3 Å². The van der Waals surface area contributed by atoms with Crippen molar-refractivity contribution in [3.05, 3.63) is 83.4 Å². The van der Waals surface area contributed by atoms with Crippen molar-refractivity contribution < 1.29 is 31.1 Å². The van der Waals surface area contributed by atoms with Gasteiger partial charge in [0.2, 0.25) is 11.9 Å². The minimum Gasteiger partial charge on any atom is -0.366 e. The van der Waals surface area contributed by atoms with Crippen LogP contribution in [0.2, 0.25) is 0 Å². The number of halogens is 6. The molecule has 12 heteroatoms. The highest BCUT2D eigenvalue weighted by molar-refractivity contribution is 8.00. The number of benzene rings is 3. The lowest BCUT2D eigenvalue weighted by molar-refractivity contribution is -0.138. The van der Waals surface area contributed by atoms with Crippen LogP contribution < -0.4 is 11.1 Å². The Bertz CT molecular complexity index is 1380. The van der Waals surface area contributed by atoms with Crippen molar-refractivity contribution in [2.24, 2.45) is 5.73 Å². The van der Waals surface area contributed by atoms with Crippen LogP contribution in [0.3, 0.4) is 0 Å². The van der Waals surface area contributed by atoms with Crippen LogP contribution in [0.5, 0.6) is 0 Å². The number of carbonyl (C=O) groups excluding carboxylic acids is 1. The molecule has 0 bridgehead atoms. The summed E-state index contributed by atoms with van der Waals surface area (Å²) in [6.07, 6.45) is -4.58. The number of alkyl halides is 6. The number of nitrogens with two attached hydrogens (primary N) is 1. The van der Waals surface area contributed by atoms with Crippen LogP contribution in [0.4, 0.5) is 38.0 Å². The molecule has 0 atom stereocenters. The third-order valence-corrected chi connectivity index (χ3v) is 5.77. The lowest BCUT2D eigenvalue weighted by Crippen LogP contribution is -2.13. The zero-order chi connectivity index (χ0) is 25.4. The van der Waals surface area contributed by atoms with Crippen molar-refractivity contribution in [3.8, 4) is 0 Å². The Balaban J connectivity index is 1.76. The zero-order valence-electron chi connectivity index (χ0n) is 17.6. The van der Waals surface area contributed by atoms with Gasteiger partial charge in [0.15, 0.2) is 0 Å². The first-order valence-corrected chi connectivity index (χ1v) is 10.8. The zero-order valence-corrected chi connectivity index (χ0v) is 18.4. The minimum atomic E-state index is -4.58. The Morgan fingerprint density at radius 3 is 2.29 bits per heavy atom. The number of carbonyl (C=O) groups is 1. The average Bonchev–Trinajstić information content (AvgIpc) is 3.10. The van der Waals surface area contributed by atoms with Gasteiger partial charge in [-0.05, 0) is 65.9 Å². The number of fused-ring (bicyclic) bond motifs is 1. The maximum absolute atomic E-state index is 13.6. The molecule has 0 saturated heterocycles. The molecule has 0 aliphatic carbocycles. The normalized spacial score (nSPS) is 12.2. The van der Waals surface area contributed by atoms with Crippen molar-refractivity contribution in [2.45, 2.75) is 23.1 Å². The lowest BCUT2D eigenvalue weighted by Gasteiger charge is -2.16. The van der Waals surface area contributed by atoms with Crippen LogP contribution in [0, 0.1) is 0 Å². The molecule has 35 heavy (non-hydrogen) atoms. The molecule has 0 spiro atoms. The van der Waals surface area contributed by atoms with Crippen molar-refractivity contribution in [2.75, 3.05) is 5.32 Å². The van der Waals surface area contributed by atoms with E-state index in [1.807, 2.05) is 0 Å². The maximum Gasteiger partial charge on any atom is 0.446 e. The molecule has 0 saturated carbocycles. The molecule has 1 amide bonds. The highest BCUT2D eigenvalue weighted by Gasteiger charge is 2.33. The fraction of sp³-hybridized carbons (Fsp3) is 0.130. The van der Waals surface area contributed by atoms with Gasteiger partial charge in [-0.1, -0.05) is 18.2 Å². The highest BCUT2D eigenvalue weighted by Crippen LogP contribution is 2.37. The number of rotatable bonds is 6. The van der Waals surface area contributed by atoms with E-state index in [4.69, 9.17) is 5.73 Å². The number of aromatic nitrogens is 2. The van der Waals surface area contributed by atoms with Crippen LogP contribution in [-0.4, -0.2) is 21.0 Å². The molecule has 5 nitrogen and oxygen atoms in total. The van der Waals surface area contributed by atoms with Gasteiger partial charge in [0, 0.05) is 16.1 Å². The number of nitrogens with one attached hydrogen (secondary N) is 1. The number of imidazole rings is 1. The molecular weight excluding hydrogens is 494 g/mol. The Morgan fingerprint density at radius 1 is 0.971 bits per heavy atom. The number of thioether (sulfide) groups is 1. The van der Waals surface area contributed by atoms with E-state index in [1.54, 1.807) is 0 Å². The molecule has 3 N–H and O–H groups in total. The Labute approximate surface area is 198 Å². The van der Waals surface area contributed by atoms with Crippen LogP contribution in [-0.2, 0) is 12.7 Å². The third-order valence-electron chi connectivity index (χ3n) is 5.03. The molecule has 1 heterocycles. The minimum absolute atomic E-state index is 0.0155. The molecule has 4 aromatic rings. The quantitative estimate of drug-likeness (QED) is 0.228. The molecule has 4 rings (SSSR count). The predicted molar refractivity (Wildman–Crippen MR) is 120 cm³/mol. The van der Waals surface area contributed by atoms with Crippen LogP contribution in [0.1, 0.15) is 21.5 Å². The summed E-state index contributed by atoms with van der Waals surface area (Å²) in [5, 5.41) is 2.94. The van der Waals surface area contributed by atoms with Gasteiger partial charge in [0.25, 0.3) is 0 Å². The first-order valence-electron chi connectivity index (χ1n) is 9.99. The number of hydrogen-bond donors (Lipinski definition) is 2. The Hall–Kier alpha value is -3.67. The maximum atomic E-state index is 13.6. The largest absolute Gasteiger partial charge is 0.446 e. The van der Waals surface area contributed by atoms with E-state index in [0.29, 0.717) is 16.7 Å². The van der Waals surface area contributed by atoms with Crippen molar-refractivity contribution in [1.29, 1.82) is 0 Å². The smallest absolute Gasteiger partial charge is 0.366 e. The monoisotopic (exact) mass is 510 g/mol. The topological polar surface area (TPSA) is 72.9 Å². The number of primary amides is 1. The number of nitrogens with zero attached hydrogens (tertiary/aromatic N) is 2. The van der Waals surface area contributed by atoms with Gasteiger partial charge in [-0.2, -0.15) is 26.3 Å². The summed E-state index contributed by atoms with van der Waals surface area (Å²) in [6.45, 7) is -0.216. The summed E-state index contributed by atoms with van der Waals surface area (Å²) in [6, 6.07) is 14.8. The van der Waals surface area contributed by atoms with Gasteiger partial charge in [0.05, 0.1) is 23.1 Å². The van der Waals surface area contributed by atoms with E-state index >= 15 is 0 Å². The van der Waals surface area contributed by atoms with Gasteiger partial charge in [0.1, 0.15) is 0 Å². The number of hydrogen-bond acceptors (Lipinski definition) is 4. The number of amides is 1. The summed E-state index contributed by atoms with van der Waals surface area (Å²) >= 11 is -0.266. The summed E-state index contributed by atoms with van der Waals surface area (Å²) < 4.78 is 80.0. The van der Waals surface area contributed by atoms with Crippen molar-refractivity contribution in [1.82, 2.24) is 9.55 Å². The van der Waals surface area contributed by atoms with E-state index in [1.165, 1.54) is 65.2 Å². The van der Waals surface area contributed by atoms with Crippen LogP contribution >= 0.6 is 11.8 Å². The Kier molecular flexibility index (Phi) is 6.41. The fourth-order valence-electron chi connectivity index (χ4n) is 3.51.